The van der Waals surface area contributed by atoms with Crippen molar-refractivity contribution in [3.63, 3.8) is 0 Å². The summed E-state index contributed by atoms with van der Waals surface area (Å²) >= 11 is 5.06. The molecule has 0 radical (unpaired) electrons. The van der Waals surface area contributed by atoms with Crippen LogP contribution in [0.2, 0.25) is 0 Å². The molecule has 0 aromatic heterocycles. The molecular formula is C15H21N3O2S. The van der Waals surface area contributed by atoms with Crippen LogP contribution in [0.25, 0.3) is 0 Å². The minimum absolute atomic E-state index is 0.125. The molecule has 1 aromatic rings. The van der Waals surface area contributed by atoms with Crippen LogP contribution in [0.3, 0.4) is 0 Å². The van der Waals surface area contributed by atoms with E-state index in [0.29, 0.717) is 17.7 Å². The normalized spacial score (nSPS) is 9.95. The van der Waals surface area contributed by atoms with Crippen molar-refractivity contribution in [1.82, 2.24) is 5.32 Å². The van der Waals surface area contributed by atoms with Gasteiger partial charge in [-0.15, -0.1) is 0 Å². The zero-order valence-corrected chi connectivity index (χ0v) is 13.0. The number of hydrogen-bond donors (Lipinski definition) is 3. The van der Waals surface area contributed by atoms with E-state index in [9.17, 15) is 9.59 Å². The van der Waals surface area contributed by atoms with E-state index in [1.54, 1.807) is 24.3 Å². The molecule has 0 aliphatic rings. The molecule has 0 bridgehead atoms. The van der Waals surface area contributed by atoms with Gasteiger partial charge in [0.1, 0.15) is 0 Å². The number of benzene rings is 1. The molecule has 0 heterocycles. The maximum Gasteiger partial charge on any atom is 0.250 e. The molecule has 6 heteroatoms. The van der Waals surface area contributed by atoms with Gasteiger partial charge in [0, 0.05) is 6.42 Å². The molecule has 0 atom stereocenters. The van der Waals surface area contributed by atoms with Crippen LogP contribution in [0.5, 0.6) is 0 Å². The number of para-hydroxylation sites is 1. The van der Waals surface area contributed by atoms with Gasteiger partial charge in [-0.25, -0.2) is 0 Å². The van der Waals surface area contributed by atoms with E-state index in [-0.39, 0.29) is 11.0 Å². The Labute approximate surface area is 130 Å². The Hall–Kier alpha value is -1.95. The lowest BCUT2D eigenvalue weighted by atomic mass is 10.1. The number of carbonyl (C=O) groups excluding carboxylic acids is 2. The molecule has 0 aliphatic carbocycles. The molecule has 0 fully saturated rings. The van der Waals surface area contributed by atoms with Gasteiger partial charge in [0.15, 0.2) is 5.11 Å². The Morgan fingerprint density at radius 3 is 2.57 bits per heavy atom. The summed E-state index contributed by atoms with van der Waals surface area (Å²) in [6.07, 6.45) is 4.58. The first-order valence-electron chi connectivity index (χ1n) is 7.04. The SMILES string of the molecule is CCCCCCC(=O)NC(=S)Nc1ccccc1C(N)=O. The summed E-state index contributed by atoms with van der Waals surface area (Å²) in [5, 5.41) is 5.59. The Balaban J connectivity index is 2.47. The maximum absolute atomic E-state index is 11.7. The average Bonchev–Trinajstić information content (AvgIpc) is 2.43. The third-order valence-corrected chi connectivity index (χ3v) is 3.16. The number of nitrogens with two attached hydrogens (primary N) is 1. The van der Waals surface area contributed by atoms with E-state index in [0.717, 1.165) is 25.7 Å². The molecule has 2 amide bonds. The number of carbonyl (C=O) groups is 2. The van der Waals surface area contributed by atoms with Crippen molar-refractivity contribution in [1.29, 1.82) is 0 Å². The monoisotopic (exact) mass is 307 g/mol. The largest absolute Gasteiger partial charge is 0.366 e. The quantitative estimate of drug-likeness (QED) is 0.534. The Kier molecular flexibility index (Phi) is 7.39. The molecule has 0 aliphatic heterocycles. The first-order valence-corrected chi connectivity index (χ1v) is 7.45. The molecule has 0 saturated carbocycles. The number of hydrogen-bond acceptors (Lipinski definition) is 3. The van der Waals surface area contributed by atoms with Crippen LogP contribution in [-0.2, 0) is 4.79 Å². The van der Waals surface area contributed by atoms with E-state index < -0.39 is 5.91 Å². The van der Waals surface area contributed by atoms with Crippen molar-refractivity contribution in [3.8, 4) is 0 Å². The van der Waals surface area contributed by atoms with Crippen molar-refractivity contribution in [3.05, 3.63) is 29.8 Å². The second-order valence-electron chi connectivity index (χ2n) is 4.72. The van der Waals surface area contributed by atoms with Gasteiger partial charge in [0.05, 0.1) is 11.3 Å². The van der Waals surface area contributed by atoms with E-state index >= 15 is 0 Å². The Morgan fingerprint density at radius 1 is 1.19 bits per heavy atom. The standard InChI is InChI=1S/C15H21N3O2S/c1-2-3-4-5-10-13(19)18-15(21)17-12-9-7-6-8-11(12)14(16)20/h6-9H,2-5,10H2,1H3,(H2,16,20)(H2,17,18,19,21). The number of primary amides is 1. The van der Waals surface area contributed by atoms with Crippen LogP contribution < -0.4 is 16.4 Å². The molecule has 4 N–H and O–H groups in total. The lowest BCUT2D eigenvalue weighted by Gasteiger charge is -2.11. The molecule has 0 unspecified atom stereocenters. The van der Waals surface area contributed by atoms with Crippen LogP contribution in [0.15, 0.2) is 24.3 Å². The van der Waals surface area contributed by atoms with E-state index in [1.807, 2.05) is 0 Å². The molecule has 0 spiro atoms. The topological polar surface area (TPSA) is 84.2 Å². The van der Waals surface area contributed by atoms with Crippen LogP contribution in [-0.4, -0.2) is 16.9 Å². The summed E-state index contributed by atoms with van der Waals surface area (Å²) < 4.78 is 0. The summed E-state index contributed by atoms with van der Waals surface area (Å²) in [5.74, 6) is -0.674. The minimum Gasteiger partial charge on any atom is -0.366 e. The van der Waals surface area contributed by atoms with Gasteiger partial charge >= 0.3 is 0 Å². The summed E-state index contributed by atoms with van der Waals surface area (Å²) in [6, 6.07) is 6.74. The van der Waals surface area contributed by atoms with Crippen molar-refractivity contribution in [2.24, 2.45) is 5.73 Å². The summed E-state index contributed by atoms with van der Waals surface area (Å²) in [4.78, 5) is 23.0. The fourth-order valence-electron chi connectivity index (χ4n) is 1.86. The number of anilines is 1. The van der Waals surface area contributed by atoms with Crippen LogP contribution >= 0.6 is 12.2 Å². The second kappa shape index (κ2) is 9.07. The fourth-order valence-corrected chi connectivity index (χ4v) is 2.09. The molecule has 5 nitrogen and oxygen atoms in total. The predicted octanol–water partition coefficient (Wildman–Crippen LogP) is 2.57. The third kappa shape index (κ3) is 6.35. The van der Waals surface area contributed by atoms with Crippen LogP contribution in [0.4, 0.5) is 5.69 Å². The highest BCUT2D eigenvalue weighted by Crippen LogP contribution is 2.14. The molecular weight excluding hydrogens is 286 g/mol. The minimum atomic E-state index is -0.549. The highest BCUT2D eigenvalue weighted by Gasteiger charge is 2.10. The molecule has 114 valence electrons. The molecule has 21 heavy (non-hydrogen) atoms. The zero-order valence-electron chi connectivity index (χ0n) is 12.1. The van der Waals surface area contributed by atoms with Crippen molar-refractivity contribution < 1.29 is 9.59 Å². The molecule has 1 rings (SSSR count). The summed E-state index contributed by atoms with van der Waals surface area (Å²) in [7, 11) is 0. The lowest BCUT2D eigenvalue weighted by Crippen LogP contribution is -2.34. The molecule has 0 saturated heterocycles. The summed E-state index contributed by atoms with van der Waals surface area (Å²) in [6.45, 7) is 2.12. The number of nitrogens with one attached hydrogen (secondary N) is 2. The second-order valence-corrected chi connectivity index (χ2v) is 5.13. The van der Waals surface area contributed by atoms with Gasteiger partial charge in [-0.2, -0.15) is 0 Å². The van der Waals surface area contributed by atoms with Gasteiger partial charge < -0.3 is 16.4 Å². The Bertz CT molecular complexity index is 517. The number of unbranched alkanes of at least 4 members (excludes halogenated alkanes) is 3. The summed E-state index contributed by atoms with van der Waals surface area (Å²) in [5.41, 5.74) is 6.09. The average molecular weight is 307 g/mol. The van der Waals surface area contributed by atoms with Crippen molar-refractivity contribution in [2.75, 3.05) is 5.32 Å². The number of thiocarbonyl (C=S) groups is 1. The van der Waals surface area contributed by atoms with Gasteiger partial charge in [-0.3, -0.25) is 9.59 Å². The maximum atomic E-state index is 11.7. The van der Waals surface area contributed by atoms with Crippen LogP contribution in [0, 0.1) is 0 Å². The smallest absolute Gasteiger partial charge is 0.250 e. The highest BCUT2D eigenvalue weighted by atomic mass is 32.1. The van der Waals surface area contributed by atoms with E-state index in [4.69, 9.17) is 18.0 Å². The first kappa shape index (κ1) is 17.1. The van der Waals surface area contributed by atoms with Gasteiger partial charge in [0.2, 0.25) is 5.91 Å². The van der Waals surface area contributed by atoms with E-state index in [1.165, 1.54) is 0 Å². The van der Waals surface area contributed by atoms with Crippen molar-refractivity contribution in [2.45, 2.75) is 39.0 Å². The van der Waals surface area contributed by atoms with Gasteiger partial charge in [-0.1, -0.05) is 38.3 Å². The Morgan fingerprint density at radius 2 is 1.90 bits per heavy atom. The fraction of sp³-hybridized carbons (Fsp3) is 0.400. The lowest BCUT2D eigenvalue weighted by molar-refractivity contribution is -0.119. The zero-order chi connectivity index (χ0) is 15.7. The highest BCUT2D eigenvalue weighted by molar-refractivity contribution is 7.80. The van der Waals surface area contributed by atoms with Gasteiger partial charge in [0.25, 0.3) is 5.91 Å². The van der Waals surface area contributed by atoms with Crippen molar-refractivity contribution >= 4 is 34.8 Å². The number of rotatable bonds is 7. The van der Waals surface area contributed by atoms with Crippen LogP contribution in [0.1, 0.15) is 49.4 Å². The van der Waals surface area contributed by atoms with Gasteiger partial charge in [-0.05, 0) is 30.8 Å². The molecule has 1 aromatic carbocycles. The predicted molar refractivity (Wildman–Crippen MR) is 88.1 cm³/mol. The number of amides is 2. The third-order valence-electron chi connectivity index (χ3n) is 2.95. The van der Waals surface area contributed by atoms with E-state index in [2.05, 4.69) is 17.6 Å². The first-order chi connectivity index (χ1) is 10.0.